The molecule has 0 aliphatic carbocycles. The standard InChI is InChI=1S/C15H32N2/c1-12(2)14(11-16)17-9-6-7-13(8-10-17)15(3,4)5/h12-14H,6-11,16H2,1-5H3. The van der Waals surface area contributed by atoms with Crippen molar-refractivity contribution in [1.29, 1.82) is 0 Å². The molecule has 0 saturated carbocycles. The Labute approximate surface area is 108 Å². The SMILES string of the molecule is CC(C)C(CN)N1CCCC(C(C)(C)C)CC1. The molecule has 2 atom stereocenters. The van der Waals surface area contributed by atoms with Crippen molar-refractivity contribution < 1.29 is 0 Å². The highest BCUT2D eigenvalue weighted by Gasteiger charge is 2.29. The highest BCUT2D eigenvalue weighted by molar-refractivity contribution is 4.83. The molecule has 1 rings (SSSR count). The molecule has 0 aromatic heterocycles. The third-order valence-electron chi connectivity index (χ3n) is 4.47. The van der Waals surface area contributed by atoms with E-state index in [4.69, 9.17) is 5.73 Å². The van der Waals surface area contributed by atoms with Gasteiger partial charge in [-0.2, -0.15) is 0 Å². The summed E-state index contributed by atoms with van der Waals surface area (Å²) in [4.78, 5) is 2.64. The first-order chi connectivity index (χ1) is 7.86. The van der Waals surface area contributed by atoms with Crippen LogP contribution in [-0.4, -0.2) is 30.6 Å². The van der Waals surface area contributed by atoms with E-state index in [2.05, 4.69) is 39.5 Å². The van der Waals surface area contributed by atoms with Crippen LogP contribution >= 0.6 is 0 Å². The molecule has 0 spiro atoms. The molecular weight excluding hydrogens is 208 g/mol. The van der Waals surface area contributed by atoms with Crippen molar-refractivity contribution in [2.75, 3.05) is 19.6 Å². The smallest absolute Gasteiger partial charge is 0.0241 e. The number of nitrogens with zero attached hydrogens (tertiary/aromatic N) is 1. The summed E-state index contributed by atoms with van der Waals surface area (Å²) in [6, 6.07) is 0.578. The van der Waals surface area contributed by atoms with Crippen molar-refractivity contribution in [2.45, 2.75) is 59.9 Å². The minimum Gasteiger partial charge on any atom is -0.329 e. The van der Waals surface area contributed by atoms with Crippen molar-refractivity contribution in [1.82, 2.24) is 4.90 Å². The van der Waals surface area contributed by atoms with Gasteiger partial charge in [-0.25, -0.2) is 0 Å². The summed E-state index contributed by atoms with van der Waals surface area (Å²) in [6.45, 7) is 15.0. The Morgan fingerprint density at radius 2 is 1.82 bits per heavy atom. The lowest BCUT2D eigenvalue weighted by molar-refractivity contribution is 0.154. The third-order valence-corrected chi connectivity index (χ3v) is 4.47. The fourth-order valence-electron chi connectivity index (χ4n) is 3.16. The average Bonchev–Trinajstić information content (AvgIpc) is 2.43. The van der Waals surface area contributed by atoms with Gasteiger partial charge in [0.1, 0.15) is 0 Å². The molecule has 0 aromatic rings. The van der Waals surface area contributed by atoms with Gasteiger partial charge in [0, 0.05) is 12.6 Å². The number of hydrogen-bond acceptors (Lipinski definition) is 2. The van der Waals surface area contributed by atoms with Crippen LogP contribution in [0.1, 0.15) is 53.9 Å². The first kappa shape index (κ1) is 15.0. The van der Waals surface area contributed by atoms with Crippen molar-refractivity contribution in [3.05, 3.63) is 0 Å². The lowest BCUT2D eigenvalue weighted by Crippen LogP contribution is -2.44. The molecule has 1 heterocycles. The zero-order valence-electron chi connectivity index (χ0n) is 12.5. The molecule has 1 saturated heterocycles. The van der Waals surface area contributed by atoms with Crippen LogP contribution in [0, 0.1) is 17.3 Å². The van der Waals surface area contributed by atoms with E-state index in [1.165, 1.54) is 32.4 Å². The van der Waals surface area contributed by atoms with Gasteiger partial charge in [0.15, 0.2) is 0 Å². The fraction of sp³-hybridized carbons (Fsp3) is 1.00. The molecule has 1 fully saturated rings. The maximum absolute atomic E-state index is 5.93. The Morgan fingerprint density at radius 1 is 1.18 bits per heavy atom. The van der Waals surface area contributed by atoms with Gasteiger partial charge in [0.25, 0.3) is 0 Å². The Morgan fingerprint density at radius 3 is 2.29 bits per heavy atom. The second kappa shape index (κ2) is 6.19. The summed E-state index contributed by atoms with van der Waals surface area (Å²) < 4.78 is 0. The van der Waals surface area contributed by atoms with Crippen LogP contribution in [0.25, 0.3) is 0 Å². The number of nitrogens with two attached hydrogens (primary N) is 1. The van der Waals surface area contributed by atoms with Crippen molar-refractivity contribution in [2.24, 2.45) is 23.0 Å². The molecule has 2 N–H and O–H groups in total. The summed E-state index contributed by atoms with van der Waals surface area (Å²) in [5, 5.41) is 0. The quantitative estimate of drug-likeness (QED) is 0.821. The molecule has 0 amide bonds. The van der Waals surface area contributed by atoms with Crippen molar-refractivity contribution in [3.8, 4) is 0 Å². The summed E-state index contributed by atoms with van der Waals surface area (Å²) in [5.74, 6) is 1.55. The summed E-state index contributed by atoms with van der Waals surface area (Å²) in [7, 11) is 0. The maximum atomic E-state index is 5.93. The van der Waals surface area contributed by atoms with Gasteiger partial charge in [-0.15, -0.1) is 0 Å². The van der Waals surface area contributed by atoms with Crippen LogP contribution in [0.3, 0.4) is 0 Å². The molecule has 2 nitrogen and oxygen atoms in total. The van der Waals surface area contributed by atoms with E-state index in [0.29, 0.717) is 17.4 Å². The maximum Gasteiger partial charge on any atom is 0.0241 e. The molecule has 17 heavy (non-hydrogen) atoms. The van der Waals surface area contributed by atoms with Gasteiger partial charge in [-0.3, -0.25) is 4.90 Å². The predicted molar refractivity (Wildman–Crippen MR) is 76.0 cm³/mol. The molecule has 1 aliphatic rings. The monoisotopic (exact) mass is 240 g/mol. The Balaban J connectivity index is 2.58. The average molecular weight is 240 g/mol. The van der Waals surface area contributed by atoms with Crippen LogP contribution < -0.4 is 5.73 Å². The van der Waals surface area contributed by atoms with E-state index < -0.39 is 0 Å². The topological polar surface area (TPSA) is 29.3 Å². The van der Waals surface area contributed by atoms with Crippen LogP contribution in [0.4, 0.5) is 0 Å². The van der Waals surface area contributed by atoms with Crippen LogP contribution in [0.5, 0.6) is 0 Å². The van der Waals surface area contributed by atoms with Crippen molar-refractivity contribution in [3.63, 3.8) is 0 Å². The molecule has 102 valence electrons. The summed E-state index contributed by atoms with van der Waals surface area (Å²) >= 11 is 0. The van der Waals surface area contributed by atoms with E-state index in [9.17, 15) is 0 Å². The lowest BCUT2D eigenvalue weighted by atomic mass is 9.77. The fourth-order valence-corrected chi connectivity index (χ4v) is 3.16. The zero-order chi connectivity index (χ0) is 13.1. The molecular formula is C15H32N2. The minimum absolute atomic E-state index is 0.464. The Kier molecular flexibility index (Phi) is 5.46. The normalized spacial score (nSPS) is 25.9. The molecule has 0 aromatic carbocycles. The summed E-state index contributed by atoms with van der Waals surface area (Å²) in [5.41, 5.74) is 6.40. The van der Waals surface area contributed by atoms with Crippen molar-refractivity contribution >= 4 is 0 Å². The molecule has 2 heteroatoms. The Hall–Kier alpha value is -0.0800. The minimum atomic E-state index is 0.464. The van der Waals surface area contributed by atoms with E-state index in [0.717, 1.165) is 12.5 Å². The Bertz CT molecular complexity index is 217. The van der Waals surface area contributed by atoms with E-state index in [1.807, 2.05) is 0 Å². The number of rotatable bonds is 3. The lowest BCUT2D eigenvalue weighted by Gasteiger charge is -2.33. The van der Waals surface area contributed by atoms with E-state index >= 15 is 0 Å². The molecule has 2 unspecified atom stereocenters. The zero-order valence-corrected chi connectivity index (χ0v) is 12.5. The molecule has 1 aliphatic heterocycles. The highest BCUT2D eigenvalue weighted by atomic mass is 15.2. The van der Waals surface area contributed by atoms with Gasteiger partial charge < -0.3 is 5.73 Å². The highest BCUT2D eigenvalue weighted by Crippen LogP contribution is 2.34. The largest absolute Gasteiger partial charge is 0.329 e. The second-order valence-corrected chi connectivity index (χ2v) is 7.08. The van der Waals surface area contributed by atoms with Crippen LogP contribution in [0.2, 0.25) is 0 Å². The molecule has 0 bridgehead atoms. The van der Waals surface area contributed by atoms with E-state index in [-0.39, 0.29) is 0 Å². The van der Waals surface area contributed by atoms with Crippen LogP contribution in [-0.2, 0) is 0 Å². The number of hydrogen-bond donors (Lipinski definition) is 1. The first-order valence-electron chi connectivity index (χ1n) is 7.30. The number of likely N-dealkylation sites (tertiary alicyclic amines) is 1. The van der Waals surface area contributed by atoms with Gasteiger partial charge >= 0.3 is 0 Å². The van der Waals surface area contributed by atoms with E-state index in [1.54, 1.807) is 0 Å². The summed E-state index contributed by atoms with van der Waals surface area (Å²) in [6.07, 6.45) is 4.06. The van der Waals surface area contributed by atoms with Gasteiger partial charge in [-0.1, -0.05) is 34.6 Å². The van der Waals surface area contributed by atoms with Crippen LogP contribution in [0.15, 0.2) is 0 Å². The first-order valence-corrected chi connectivity index (χ1v) is 7.30. The second-order valence-electron chi connectivity index (χ2n) is 7.08. The molecule has 0 radical (unpaired) electrons. The van der Waals surface area contributed by atoms with Gasteiger partial charge in [-0.05, 0) is 49.6 Å². The predicted octanol–water partition coefficient (Wildman–Crippen LogP) is 3.12. The third kappa shape index (κ3) is 4.26. The van der Waals surface area contributed by atoms with Gasteiger partial charge in [0.2, 0.25) is 0 Å². The van der Waals surface area contributed by atoms with Gasteiger partial charge in [0.05, 0.1) is 0 Å².